The van der Waals surface area contributed by atoms with E-state index in [1.165, 1.54) is 13.0 Å². The van der Waals surface area contributed by atoms with E-state index >= 15 is 0 Å². The van der Waals surface area contributed by atoms with E-state index in [-0.39, 0.29) is 11.4 Å². The van der Waals surface area contributed by atoms with Gasteiger partial charge in [-0.05, 0) is 38.1 Å². The quantitative estimate of drug-likeness (QED) is 0.881. The first-order chi connectivity index (χ1) is 10.4. The number of carbonyl (C=O) groups excluding carboxylic acids is 2. The van der Waals surface area contributed by atoms with Gasteiger partial charge in [-0.2, -0.15) is 0 Å². The lowest BCUT2D eigenvalue weighted by molar-refractivity contribution is -0.123. The number of ether oxygens (including phenoxy) is 1. The zero-order chi connectivity index (χ0) is 16.3. The van der Waals surface area contributed by atoms with E-state index in [1.54, 1.807) is 13.0 Å². The molecule has 0 radical (unpaired) electrons. The Kier molecular flexibility index (Phi) is 4.55. The summed E-state index contributed by atoms with van der Waals surface area (Å²) in [7, 11) is 0. The molecule has 1 unspecified atom stereocenters. The van der Waals surface area contributed by atoms with Gasteiger partial charge >= 0.3 is 5.97 Å². The monoisotopic (exact) mass is 309 g/mol. The Morgan fingerprint density at radius 1 is 1.23 bits per heavy atom. The second-order valence-corrected chi connectivity index (χ2v) is 4.57. The van der Waals surface area contributed by atoms with E-state index in [2.05, 4.69) is 5.32 Å². The number of esters is 1. The number of anilines is 1. The van der Waals surface area contributed by atoms with Gasteiger partial charge in [-0.3, -0.25) is 4.79 Å². The van der Waals surface area contributed by atoms with Crippen LogP contribution in [0.1, 0.15) is 23.2 Å². The Hall–Kier alpha value is -2.70. The van der Waals surface area contributed by atoms with Gasteiger partial charge in [0.25, 0.3) is 5.91 Å². The zero-order valence-corrected chi connectivity index (χ0v) is 11.9. The molecule has 0 saturated carbocycles. The molecule has 1 atom stereocenters. The van der Waals surface area contributed by atoms with Crippen molar-refractivity contribution in [1.29, 1.82) is 0 Å². The number of rotatable bonds is 4. The maximum absolute atomic E-state index is 13.4. The van der Waals surface area contributed by atoms with Crippen molar-refractivity contribution in [3.8, 4) is 0 Å². The summed E-state index contributed by atoms with van der Waals surface area (Å²) in [6.07, 6.45) is -1.21. The molecular weight excluding hydrogens is 296 g/mol. The number of furan rings is 1. The van der Waals surface area contributed by atoms with Crippen molar-refractivity contribution >= 4 is 17.6 Å². The van der Waals surface area contributed by atoms with Gasteiger partial charge in [-0.1, -0.05) is 0 Å². The third kappa shape index (κ3) is 3.69. The SMILES string of the molecule is Cc1ccc(C(=O)OC(C)C(=O)Nc2cc(F)ccc2F)o1. The van der Waals surface area contributed by atoms with Gasteiger partial charge in [0.05, 0.1) is 5.69 Å². The van der Waals surface area contributed by atoms with E-state index < -0.39 is 29.6 Å². The van der Waals surface area contributed by atoms with Crippen LogP contribution in [0.15, 0.2) is 34.7 Å². The maximum Gasteiger partial charge on any atom is 0.375 e. The highest BCUT2D eigenvalue weighted by Gasteiger charge is 2.21. The number of hydrogen-bond acceptors (Lipinski definition) is 4. The van der Waals surface area contributed by atoms with Crippen molar-refractivity contribution in [1.82, 2.24) is 0 Å². The fourth-order valence-electron chi connectivity index (χ4n) is 1.64. The Morgan fingerprint density at radius 2 is 1.95 bits per heavy atom. The molecule has 0 aliphatic heterocycles. The first-order valence-corrected chi connectivity index (χ1v) is 6.40. The van der Waals surface area contributed by atoms with E-state index in [0.717, 1.165) is 18.2 Å². The van der Waals surface area contributed by atoms with Crippen molar-refractivity contribution < 1.29 is 27.5 Å². The van der Waals surface area contributed by atoms with Crippen LogP contribution in [0.3, 0.4) is 0 Å². The smallest absolute Gasteiger partial charge is 0.375 e. The minimum atomic E-state index is -1.21. The lowest BCUT2D eigenvalue weighted by Crippen LogP contribution is -2.30. The second-order valence-electron chi connectivity index (χ2n) is 4.57. The van der Waals surface area contributed by atoms with Crippen molar-refractivity contribution in [3.63, 3.8) is 0 Å². The molecule has 1 amide bonds. The largest absolute Gasteiger partial charge is 0.454 e. The summed E-state index contributed by atoms with van der Waals surface area (Å²) >= 11 is 0. The minimum Gasteiger partial charge on any atom is -0.454 e. The molecular formula is C15H13F2NO4. The third-order valence-electron chi connectivity index (χ3n) is 2.78. The molecule has 0 spiro atoms. The number of amides is 1. The molecule has 2 rings (SSSR count). The van der Waals surface area contributed by atoms with Gasteiger partial charge < -0.3 is 14.5 Å². The molecule has 22 heavy (non-hydrogen) atoms. The van der Waals surface area contributed by atoms with Crippen LogP contribution >= 0.6 is 0 Å². The number of benzene rings is 1. The molecule has 1 heterocycles. The normalized spacial score (nSPS) is 11.8. The van der Waals surface area contributed by atoms with Gasteiger partial charge in [0.1, 0.15) is 17.4 Å². The van der Waals surface area contributed by atoms with Crippen LogP contribution in [0.4, 0.5) is 14.5 Å². The van der Waals surface area contributed by atoms with Gasteiger partial charge in [-0.25, -0.2) is 13.6 Å². The number of carbonyl (C=O) groups is 2. The minimum absolute atomic E-state index is 0.0471. The summed E-state index contributed by atoms with van der Waals surface area (Å²) < 4.78 is 36.4. The maximum atomic E-state index is 13.4. The van der Waals surface area contributed by atoms with Gasteiger partial charge in [0, 0.05) is 6.07 Å². The molecule has 5 nitrogen and oxygen atoms in total. The van der Waals surface area contributed by atoms with Crippen LogP contribution < -0.4 is 5.32 Å². The van der Waals surface area contributed by atoms with Crippen LogP contribution in [0.5, 0.6) is 0 Å². The van der Waals surface area contributed by atoms with Gasteiger partial charge in [-0.15, -0.1) is 0 Å². The molecule has 0 saturated heterocycles. The number of halogens is 2. The van der Waals surface area contributed by atoms with Crippen LogP contribution in [-0.2, 0) is 9.53 Å². The lowest BCUT2D eigenvalue weighted by atomic mass is 10.2. The summed E-state index contributed by atoms with van der Waals surface area (Å²) in [5.74, 6) is -2.64. The predicted octanol–water partition coefficient (Wildman–Crippen LogP) is 3.05. The summed E-state index contributed by atoms with van der Waals surface area (Å²) in [4.78, 5) is 23.6. The van der Waals surface area contributed by atoms with Crippen molar-refractivity contribution in [2.24, 2.45) is 0 Å². The van der Waals surface area contributed by atoms with Crippen LogP contribution in [-0.4, -0.2) is 18.0 Å². The Labute approximate surface area is 124 Å². The second kappa shape index (κ2) is 6.38. The topological polar surface area (TPSA) is 68.5 Å². The molecule has 116 valence electrons. The Bertz CT molecular complexity index is 711. The summed E-state index contributed by atoms with van der Waals surface area (Å²) in [5, 5.41) is 2.15. The Balaban J connectivity index is 2.00. The lowest BCUT2D eigenvalue weighted by Gasteiger charge is -2.13. The van der Waals surface area contributed by atoms with Crippen LogP contribution in [0, 0.1) is 18.6 Å². The summed E-state index contributed by atoms with van der Waals surface area (Å²) in [6.45, 7) is 2.96. The van der Waals surface area contributed by atoms with Crippen molar-refractivity contribution in [2.75, 3.05) is 5.32 Å². The van der Waals surface area contributed by atoms with E-state index in [1.807, 2.05) is 0 Å². The van der Waals surface area contributed by atoms with Crippen LogP contribution in [0.25, 0.3) is 0 Å². The average molecular weight is 309 g/mol. The van der Waals surface area contributed by atoms with Crippen LogP contribution in [0.2, 0.25) is 0 Å². The molecule has 0 aliphatic rings. The van der Waals surface area contributed by atoms with E-state index in [9.17, 15) is 18.4 Å². The first kappa shape index (κ1) is 15.7. The molecule has 1 N–H and O–H groups in total. The molecule has 0 fully saturated rings. The summed E-state index contributed by atoms with van der Waals surface area (Å²) in [6, 6.07) is 5.62. The third-order valence-corrected chi connectivity index (χ3v) is 2.78. The number of hydrogen-bond donors (Lipinski definition) is 1. The molecule has 7 heteroatoms. The molecule has 1 aromatic carbocycles. The predicted molar refractivity (Wildman–Crippen MR) is 73.3 cm³/mol. The summed E-state index contributed by atoms with van der Waals surface area (Å²) in [5.41, 5.74) is -0.332. The molecule has 0 bridgehead atoms. The number of nitrogens with one attached hydrogen (secondary N) is 1. The highest BCUT2D eigenvalue weighted by molar-refractivity contribution is 5.96. The molecule has 1 aromatic heterocycles. The zero-order valence-electron chi connectivity index (χ0n) is 11.9. The number of aryl methyl sites for hydroxylation is 1. The molecule has 2 aromatic rings. The average Bonchev–Trinajstić information content (AvgIpc) is 2.89. The van der Waals surface area contributed by atoms with Gasteiger partial charge in [0.2, 0.25) is 5.76 Å². The van der Waals surface area contributed by atoms with E-state index in [4.69, 9.17) is 9.15 Å². The fraction of sp³-hybridized carbons (Fsp3) is 0.200. The first-order valence-electron chi connectivity index (χ1n) is 6.40. The molecule has 0 aliphatic carbocycles. The highest BCUT2D eigenvalue weighted by Crippen LogP contribution is 2.16. The fourth-order valence-corrected chi connectivity index (χ4v) is 1.64. The standard InChI is InChI=1S/C15H13F2NO4/c1-8-3-6-13(21-8)15(20)22-9(2)14(19)18-12-7-10(16)4-5-11(12)17/h3-7,9H,1-2H3,(H,18,19). The van der Waals surface area contributed by atoms with Crippen molar-refractivity contribution in [2.45, 2.75) is 20.0 Å². The Morgan fingerprint density at radius 3 is 2.59 bits per heavy atom. The van der Waals surface area contributed by atoms with Gasteiger partial charge in [0.15, 0.2) is 6.10 Å². The highest BCUT2D eigenvalue weighted by atomic mass is 19.1. The van der Waals surface area contributed by atoms with Crippen molar-refractivity contribution in [3.05, 3.63) is 53.5 Å². The van der Waals surface area contributed by atoms with E-state index in [0.29, 0.717) is 5.76 Å².